The van der Waals surface area contributed by atoms with Crippen molar-refractivity contribution in [1.82, 2.24) is 20.1 Å². The van der Waals surface area contributed by atoms with Crippen LogP contribution in [0.4, 0.5) is 0 Å². The van der Waals surface area contributed by atoms with Crippen molar-refractivity contribution < 1.29 is 4.79 Å². The van der Waals surface area contributed by atoms with Crippen LogP contribution in [0.1, 0.15) is 32.5 Å². The Morgan fingerprint density at radius 3 is 2.93 bits per heavy atom. The van der Waals surface area contributed by atoms with E-state index in [9.17, 15) is 4.79 Å². The van der Waals surface area contributed by atoms with Crippen molar-refractivity contribution in [2.24, 2.45) is 5.92 Å². The van der Waals surface area contributed by atoms with Crippen molar-refractivity contribution in [2.75, 3.05) is 7.05 Å². The van der Waals surface area contributed by atoms with E-state index in [0.717, 1.165) is 12.2 Å². The number of nitrogens with one attached hydrogen (secondary N) is 1. The molecule has 1 atom stereocenters. The van der Waals surface area contributed by atoms with Crippen molar-refractivity contribution >= 4 is 5.91 Å². The summed E-state index contributed by atoms with van der Waals surface area (Å²) in [5.74, 6) is 1.31. The van der Waals surface area contributed by atoms with Crippen molar-refractivity contribution in [2.45, 2.75) is 33.2 Å². The summed E-state index contributed by atoms with van der Waals surface area (Å²) in [5.41, 5.74) is 0. The second-order valence-electron chi connectivity index (χ2n) is 3.90. The SMILES string of the molecule is CCC(C)CC(=O)N(C)Cc1ncn[nH]1. The number of hydrogen-bond donors (Lipinski definition) is 1. The molecule has 1 heterocycles. The fourth-order valence-corrected chi connectivity index (χ4v) is 1.22. The largest absolute Gasteiger partial charge is 0.338 e. The second kappa shape index (κ2) is 5.48. The summed E-state index contributed by atoms with van der Waals surface area (Å²) in [7, 11) is 1.78. The van der Waals surface area contributed by atoms with Gasteiger partial charge in [-0.15, -0.1) is 0 Å². The van der Waals surface area contributed by atoms with E-state index in [1.807, 2.05) is 0 Å². The topological polar surface area (TPSA) is 61.9 Å². The van der Waals surface area contributed by atoms with Gasteiger partial charge in [0.25, 0.3) is 0 Å². The van der Waals surface area contributed by atoms with Crippen molar-refractivity contribution in [3.63, 3.8) is 0 Å². The molecule has 0 saturated heterocycles. The van der Waals surface area contributed by atoms with E-state index in [1.54, 1.807) is 11.9 Å². The highest BCUT2D eigenvalue weighted by atomic mass is 16.2. The van der Waals surface area contributed by atoms with E-state index >= 15 is 0 Å². The minimum absolute atomic E-state index is 0.153. The van der Waals surface area contributed by atoms with Crippen LogP contribution in [0.25, 0.3) is 0 Å². The molecule has 1 amide bonds. The predicted molar refractivity (Wildman–Crippen MR) is 56.9 cm³/mol. The van der Waals surface area contributed by atoms with Gasteiger partial charge in [-0.3, -0.25) is 9.89 Å². The Hall–Kier alpha value is -1.39. The van der Waals surface area contributed by atoms with E-state index in [2.05, 4.69) is 29.0 Å². The standard InChI is InChI=1S/C10H18N4O/c1-4-8(2)5-10(15)14(3)6-9-11-7-12-13-9/h7-8H,4-6H2,1-3H3,(H,11,12,13). The minimum Gasteiger partial charge on any atom is -0.338 e. The Bertz CT molecular complexity index is 296. The monoisotopic (exact) mass is 210 g/mol. The third kappa shape index (κ3) is 3.69. The van der Waals surface area contributed by atoms with Crippen LogP contribution in [-0.2, 0) is 11.3 Å². The lowest BCUT2D eigenvalue weighted by molar-refractivity contribution is -0.131. The molecule has 5 nitrogen and oxygen atoms in total. The van der Waals surface area contributed by atoms with Gasteiger partial charge in [0.2, 0.25) is 5.91 Å². The first-order valence-corrected chi connectivity index (χ1v) is 5.21. The normalized spacial score (nSPS) is 12.5. The number of H-pyrrole nitrogens is 1. The average Bonchev–Trinajstić information content (AvgIpc) is 2.70. The van der Waals surface area contributed by atoms with Crippen molar-refractivity contribution in [3.05, 3.63) is 12.2 Å². The number of amides is 1. The quantitative estimate of drug-likeness (QED) is 0.794. The molecular formula is C10H18N4O. The molecule has 1 unspecified atom stereocenters. The summed E-state index contributed by atoms with van der Waals surface area (Å²) < 4.78 is 0. The van der Waals surface area contributed by atoms with Crippen LogP contribution < -0.4 is 0 Å². The number of nitrogens with zero attached hydrogens (tertiary/aromatic N) is 3. The van der Waals surface area contributed by atoms with Gasteiger partial charge in [-0.1, -0.05) is 20.3 Å². The van der Waals surface area contributed by atoms with Gasteiger partial charge in [-0.2, -0.15) is 5.10 Å². The third-order valence-corrected chi connectivity index (χ3v) is 2.50. The first-order chi connectivity index (χ1) is 7.13. The zero-order valence-electron chi connectivity index (χ0n) is 9.53. The molecule has 5 heteroatoms. The number of aromatic nitrogens is 3. The molecule has 0 aromatic carbocycles. The van der Waals surface area contributed by atoms with Gasteiger partial charge in [0.1, 0.15) is 12.2 Å². The lowest BCUT2D eigenvalue weighted by atomic mass is 10.0. The third-order valence-electron chi connectivity index (χ3n) is 2.50. The first kappa shape index (κ1) is 11.7. The molecule has 84 valence electrons. The van der Waals surface area contributed by atoms with Gasteiger partial charge < -0.3 is 4.90 Å². The van der Waals surface area contributed by atoms with E-state index < -0.39 is 0 Å². The van der Waals surface area contributed by atoms with Crippen LogP contribution in [-0.4, -0.2) is 33.0 Å². The molecule has 1 aromatic heterocycles. The number of rotatable bonds is 5. The Balaban J connectivity index is 2.40. The molecule has 0 fully saturated rings. The van der Waals surface area contributed by atoms with Crippen LogP contribution in [0.5, 0.6) is 0 Å². The maximum absolute atomic E-state index is 11.7. The molecular weight excluding hydrogens is 192 g/mol. The van der Waals surface area contributed by atoms with Crippen molar-refractivity contribution in [3.8, 4) is 0 Å². The van der Waals surface area contributed by atoms with Gasteiger partial charge in [0.05, 0.1) is 6.54 Å². The summed E-state index contributed by atoms with van der Waals surface area (Å²) in [4.78, 5) is 17.4. The van der Waals surface area contributed by atoms with Crippen LogP contribution in [0, 0.1) is 5.92 Å². The van der Waals surface area contributed by atoms with Gasteiger partial charge in [-0.05, 0) is 5.92 Å². The van der Waals surface area contributed by atoms with Crippen LogP contribution in [0.2, 0.25) is 0 Å². The molecule has 0 saturated carbocycles. The molecule has 15 heavy (non-hydrogen) atoms. The minimum atomic E-state index is 0.153. The van der Waals surface area contributed by atoms with Crippen LogP contribution in [0.3, 0.4) is 0 Å². The highest BCUT2D eigenvalue weighted by Gasteiger charge is 2.13. The Kier molecular flexibility index (Phi) is 4.27. The lowest BCUT2D eigenvalue weighted by Crippen LogP contribution is -2.27. The van der Waals surface area contributed by atoms with Crippen LogP contribution in [0.15, 0.2) is 6.33 Å². The molecule has 0 aliphatic heterocycles. The average molecular weight is 210 g/mol. The number of carbonyl (C=O) groups is 1. The second-order valence-corrected chi connectivity index (χ2v) is 3.90. The van der Waals surface area contributed by atoms with Gasteiger partial charge in [0.15, 0.2) is 0 Å². The van der Waals surface area contributed by atoms with Gasteiger partial charge in [-0.25, -0.2) is 4.98 Å². The summed E-state index contributed by atoms with van der Waals surface area (Å²) in [6, 6.07) is 0. The number of hydrogen-bond acceptors (Lipinski definition) is 3. The van der Waals surface area contributed by atoms with Crippen molar-refractivity contribution in [1.29, 1.82) is 0 Å². The highest BCUT2D eigenvalue weighted by molar-refractivity contribution is 5.75. The summed E-state index contributed by atoms with van der Waals surface area (Å²) in [6.07, 6.45) is 3.07. The molecule has 0 bridgehead atoms. The van der Waals surface area contributed by atoms with Crippen LogP contribution >= 0.6 is 0 Å². The lowest BCUT2D eigenvalue weighted by Gasteiger charge is -2.17. The number of aromatic amines is 1. The maximum atomic E-state index is 11.7. The molecule has 1 N–H and O–H groups in total. The smallest absolute Gasteiger partial charge is 0.222 e. The maximum Gasteiger partial charge on any atom is 0.222 e. The Labute approximate surface area is 89.9 Å². The summed E-state index contributed by atoms with van der Waals surface area (Å²) >= 11 is 0. The van der Waals surface area contributed by atoms with E-state index in [-0.39, 0.29) is 5.91 Å². The summed E-state index contributed by atoms with van der Waals surface area (Å²) in [6.45, 7) is 4.67. The molecule has 1 rings (SSSR count). The predicted octanol–water partition coefficient (Wildman–Crippen LogP) is 1.20. The van der Waals surface area contributed by atoms with Gasteiger partial charge in [0, 0.05) is 13.5 Å². The molecule has 0 aliphatic rings. The van der Waals surface area contributed by atoms with E-state index in [4.69, 9.17) is 0 Å². The van der Waals surface area contributed by atoms with Gasteiger partial charge >= 0.3 is 0 Å². The highest BCUT2D eigenvalue weighted by Crippen LogP contribution is 2.09. The molecule has 0 spiro atoms. The molecule has 0 aliphatic carbocycles. The zero-order valence-corrected chi connectivity index (χ0v) is 9.53. The zero-order chi connectivity index (χ0) is 11.3. The first-order valence-electron chi connectivity index (χ1n) is 5.21. The Morgan fingerprint density at radius 1 is 1.67 bits per heavy atom. The number of carbonyl (C=O) groups excluding carboxylic acids is 1. The van der Waals surface area contributed by atoms with E-state index in [1.165, 1.54) is 6.33 Å². The molecule has 0 radical (unpaired) electrons. The molecule has 1 aromatic rings. The fraction of sp³-hybridized carbons (Fsp3) is 0.700. The fourth-order valence-electron chi connectivity index (χ4n) is 1.22. The Morgan fingerprint density at radius 2 is 2.40 bits per heavy atom. The summed E-state index contributed by atoms with van der Waals surface area (Å²) in [5, 5.41) is 6.47. The van der Waals surface area contributed by atoms with E-state index in [0.29, 0.717) is 18.9 Å².